The van der Waals surface area contributed by atoms with E-state index in [1.54, 1.807) is 25.1 Å². The summed E-state index contributed by atoms with van der Waals surface area (Å²) >= 11 is 0. The highest BCUT2D eigenvalue weighted by Crippen LogP contribution is 2.42. The fourth-order valence-corrected chi connectivity index (χ4v) is 5.10. The van der Waals surface area contributed by atoms with Gasteiger partial charge in [-0.15, -0.1) is 0 Å². The number of aliphatic carboxylic acids is 2. The molecule has 4 aromatic rings. The van der Waals surface area contributed by atoms with Crippen LogP contribution in [0.1, 0.15) is 61.9 Å². The van der Waals surface area contributed by atoms with Crippen LogP contribution in [0.25, 0.3) is 10.9 Å². The van der Waals surface area contributed by atoms with Crippen molar-refractivity contribution in [1.82, 2.24) is 4.98 Å². The van der Waals surface area contributed by atoms with E-state index in [1.165, 1.54) is 16.5 Å². The number of fused-ring (bicyclic) bond motifs is 3. The van der Waals surface area contributed by atoms with Crippen molar-refractivity contribution in [2.45, 2.75) is 58.0 Å². The average Bonchev–Trinajstić information content (AvgIpc) is 3.34. The summed E-state index contributed by atoms with van der Waals surface area (Å²) in [5.41, 5.74) is 4.62. The molecule has 0 saturated heterocycles. The lowest BCUT2D eigenvalue weighted by atomic mass is 9.86. The van der Waals surface area contributed by atoms with Crippen molar-refractivity contribution in [3.8, 4) is 11.5 Å². The zero-order valence-electron chi connectivity index (χ0n) is 22.6. The van der Waals surface area contributed by atoms with Gasteiger partial charge in [-0.05, 0) is 67.1 Å². The van der Waals surface area contributed by atoms with Crippen molar-refractivity contribution in [3.05, 3.63) is 95.2 Å². The third-order valence-electron chi connectivity index (χ3n) is 7.31. The second-order valence-corrected chi connectivity index (χ2v) is 9.74. The van der Waals surface area contributed by atoms with Crippen LogP contribution in [0.2, 0.25) is 0 Å². The minimum atomic E-state index is -0.841. The molecule has 0 radical (unpaired) electrons. The Kier molecular flexibility index (Phi) is 8.72. The molecule has 3 aromatic carbocycles. The Labute approximate surface area is 228 Å². The normalized spacial score (nSPS) is 17.0. The number of aromatic amines is 1. The number of hydrogen-bond donors (Lipinski definition) is 3. The van der Waals surface area contributed by atoms with Gasteiger partial charge in [0, 0.05) is 10.9 Å². The van der Waals surface area contributed by atoms with Gasteiger partial charge in [-0.25, -0.2) is 0 Å². The molecule has 5 rings (SSSR count). The van der Waals surface area contributed by atoms with Gasteiger partial charge in [0.1, 0.15) is 17.1 Å². The molecule has 2 atom stereocenters. The van der Waals surface area contributed by atoms with Crippen molar-refractivity contribution in [1.29, 1.82) is 0 Å². The van der Waals surface area contributed by atoms with E-state index in [0.717, 1.165) is 35.4 Å². The van der Waals surface area contributed by atoms with Crippen LogP contribution in [-0.4, -0.2) is 33.7 Å². The fraction of sp³-hybridized carbons (Fsp3) is 0.312. The number of hydrogen-bond acceptors (Lipinski definition) is 4. The van der Waals surface area contributed by atoms with E-state index in [1.807, 2.05) is 43.3 Å². The molecule has 7 nitrogen and oxygen atoms in total. The third-order valence-corrected chi connectivity index (χ3v) is 7.31. The first-order valence-corrected chi connectivity index (χ1v) is 13.3. The number of carboxylic acids is 2. The summed E-state index contributed by atoms with van der Waals surface area (Å²) in [7, 11) is 0. The van der Waals surface area contributed by atoms with E-state index in [2.05, 4.69) is 30.1 Å². The predicted octanol–water partition coefficient (Wildman–Crippen LogP) is 7.05. The van der Waals surface area contributed by atoms with Crippen molar-refractivity contribution in [2.75, 3.05) is 6.61 Å². The van der Waals surface area contributed by atoms with E-state index >= 15 is 0 Å². The topological polar surface area (TPSA) is 109 Å². The number of H-pyrrole nitrogens is 1. The standard InChI is InChI=1S/C17H21NO3.C15H14O3/c1-3-11-6-5-7-12-13-8-9-21-17(4-2,10-14(19)20)16(13)18-15(11)12;1-11(15(16)17)12-6-5-9-14(10-12)18-13-7-3-2-4-8-13/h5-7,18H,3-4,8-10H2,1-2H3,(H,19,20);2-11H,1H3,(H,16,17). The molecule has 0 saturated carbocycles. The Bertz CT molecular complexity index is 1440. The number of para-hydroxylation sites is 2. The number of benzene rings is 3. The summed E-state index contributed by atoms with van der Waals surface area (Å²) in [5, 5.41) is 19.5. The van der Waals surface area contributed by atoms with Crippen LogP contribution in [0.5, 0.6) is 11.5 Å². The Hall–Kier alpha value is -4.10. The third kappa shape index (κ3) is 6.15. The molecule has 1 aliphatic rings. The monoisotopic (exact) mass is 529 g/mol. The minimum Gasteiger partial charge on any atom is -0.481 e. The van der Waals surface area contributed by atoms with Crippen molar-refractivity contribution in [2.24, 2.45) is 0 Å². The molecular formula is C32H35NO6. The zero-order chi connectivity index (χ0) is 28.0. The molecule has 2 unspecified atom stereocenters. The Morgan fingerprint density at radius 2 is 1.72 bits per heavy atom. The number of aromatic nitrogens is 1. The van der Waals surface area contributed by atoms with Gasteiger partial charge in [-0.1, -0.05) is 62.4 Å². The van der Waals surface area contributed by atoms with E-state index in [4.69, 9.17) is 14.6 Å². The van der Waals surface area contributed by atoms with Crippen LogP contribution < -0.4 is 4.74 Å². The van der Waals surface area contributed by atoms with Gasteiger partial charge in [-0.2, -0.15) is 0 Å². The summed E-state index contributed by atoms with van der Waals surface area (Å²) in [6.45, 7) is 6.36. The zero-order valence-corrected chi connectivity index (χ0v) is 22.6. The van der Waals surface area contributed by atoms with Gasteiger partial charge in [-0.3, -0.25) is 9.59 Å². The quantitative estimate of drug-likeness (QED) is 0.226. The smallest absolute Gasteiger partial charge is 0.310 e. The van der Waals surface area contributed by atoms with Crippen LogP contribution in [0.15, 0.2) is 72.8 Å². The maximum absolute atomic E-state index is 11.3. The molecule has 0 bridgehead atoms. The number of nitrogens with one attached hydrogen (secondary N) is 1. The molecule has 0 fully saturated rings. The first-order chi connectivity index (χ1) is 18.8. The number of carbonyl (C=O) groups is 2. The number of aryl methyl sites for hydroxylation is 1. The number of ether oxygens (including phenoxy) is 2. The average molecular weight is 530 g/mol. The highest BCUT2D eigenvalue weighted by Gasteiger charge is 2.40. The highest BCUT2D eigenvalue weighted by atomic mass is 16.5. The summed E-state index contributed by atoms with van der Waals surface area (Å²) in [5.74, 6) is -0.820. The Balaban J connectivity index is 0.000000183. The summed E-state index contributed by atoms with van der Waals surface area (Å²) in [6.07, 6.45) is 2.45. The lowest BCUT2D eigenvalue weighted by molar-refractivity contribution is -0.148. The Morgan fingerprint density at radius 1 is 1.00 bits per heavy atom. The van der Waals surface area contributed by atoms with Gasteiger partial charge in [0.25, 0.3) is 0 Å². The lowest BCUT2D eigenvalue weighted by Gasteiger charge is -2.35. The number of carboxylic acid groups (broad SMARTS) is 2. The molecule has 1 aromatic heterocycles. The van der Waals surface area contributed by atoms with Crippen LogP contribution in [0.3, 0.4) is 0 Å². The van der Waals surface area contributed by atoms with Crippen LogP contribution in [0, 0.1) is 0 Å². The molecule has 0 amide bonds. The van der Waals surface area contributed by atoms with Gasteiger partial charge in [0.15, 0.2) is 0 Å². The van der Waals surface area contributed by atoms with Crippen LogP contribution in [-0.2, 0) is 32.8 Å². The van der Waals surface area contributed by atoms with Gasteiger partial charge < -0.3 is 24.7 Å². The second kappa shape index (κ2) is 12.2. The predicted molar refractivity (Wildman–Crippen MR) is 151 cm³/mol. The maximum atomic E-state index is 11.3. The molecule has 0 aliphatic carbocycles. The number of rotatable bonds is 8. The SMILES string of the molecule is CC(C(=O)O)c1cccc(Oc2ccccc2)c1.CCc1cccc2c3c([nH]c12)C(CC)(CC(=O)O)OCC3. The van der Waals surface area contributed by atoms with E-state index in [9.17, 15) is 14.7 Å². The summed E-state index contributed by atoms with van der Waals surface area (Å²) < 4.78 is 11.6. The van der Waals surface area contributed by atoms with E-state index in [-0.39, 0.29) is 6.42 Å². The summed E-state index contributed by atoms with van der Waals surface area (Å²) in [4.78, 5) is 25.7. The fourth-order valence-electron chi connectivity index (χ4n) is 5.10. The van der Waals surface area contributed by atoms with E-state index < -0.39 is 23.5 Å². The van der Waals surface area contributed by atoms with E-state index in [0.29, 0.717) is 18.8 Å². The highest BCUT2D eigenvalue weighted by molar-refractivity contribution is 5.88. The molecule has 204 valence electrons. The van der Waals surface area contributed by atoms with Crippen molar-refractivity contribution in [3.63, 3.8) is 0 Å². The van der Waals surface area contributed by atoms with Crippen molar-refractivity contribution < 1.29 is 29.3 Å². The second-order valence-electron chi connectivity index (χ2n) is 9.74. The maximum Gasteiger partial charge on any atom is 0.310 e. The molecule has 7 heteroatoms. The molecule has 1 aliphatic heterocycles. The first kappa shape index (κ1) is 27.9. The molecule has 2 heterocycles. The van der Waals surface area contributed by atoms with Gasteiger partial charge in [0.05, 0.1) is 24.6 Å². The van der Waals surface area contributed by atoms with Crippen LogP contribution in [0.4, 0.5) is 0 Å². The Morgan fingerprint density at radius 3 is 2.38 bits per heavy atom. The van der Waals surface area contributed by atoms with Crippen LogP contribution >= 0.6 is 0 Å². The van der Waals surface area contributed by atoms with Crippen molar-refractivity contribution >= 4 is 22.8 Å². The lowest BCUT2D eigenvalue weighted by Crippen LogP contribution is -2.37. The summed E-state index contributed by atoms with van der Waals surface area (Å²) in [6, 6.07) is 22.9. The van der Waals surface area contributed by atoms with Gasteiger partial charge >= 0.3 is 11.9 Å². The largest absolute Gasteiger partial charge is 0.481 e. The molecule has 0 spiro atoms. The molecule has 3 N–H and O–H groups in total. The molecule has 39 heavy (non-hydrogen) atoms. The molecular weight excluding hydrogens is 494 g/mol. The first-order valence-electron chi connectivity index (χ1n) is 13.3. The minimum absolute atomic E-state index is 0.00474. The van der Waals surface area contributed by atoms with Gasteiger partial charge in [0.2, 0.25) is 0 Å².